The quantitative estimate of drug-likeness (QED) is 0.662. The molecule has 0 saturated heterocycles. The van der Waals surface area contributed by atoms with Crippen molar-refractivity contribution >= 4 is 22.6 Å². The van der Waals surface area contributed by atoms with Crippen LogP contribution >= 0.6 is 11.8 Å². The van der Waals surface area contributed by atoms with Crippen molar-refractivity contribution in [1.82, 2.24) is 0 Å². The minimum atomic E-state index is -0.889. The molecule has 0 heterocycles. The van der Waals surface area contributed by atoms with Gasteiger partial charge in [0.25, 0.3) is 0 Å². The first-order valence-corrected chi connectivity index (χ1v) is 10.1. The lowest BCUT2D eigenvalue weighted by Crippen LogP contribution is -1.98. The van der Waals surface area contributed by atoms with Gasteiger partial charge in [0.2, 0.25) is 0 Å². The summed E-state index contributed by atoms with van der Waals surface area (Å²) in [5.41, 5.74) is 2.30. The second-order valence-corrected chi connectivity index (χ2v) is 7.53. The molecule has 0 aliphatic heterocycles. The summed E-state index contributed by atoms with van der Waals surface area (Å²) in [4.78, 5) is 0. The Hall–Kier alpha value is -1.72. The maximum absolute atomic E-state index is 12.1. The number of hydrogen-bond donors (Lipinski definition) is 0. The van der Waals surface area contributed by atoms with E-state index < -0.39 is 10.8 Å². The van der Waals surface area contributed by atoms with Crippen molar-refractivity contribution in [3.8, 4) is 11.5 Å². The molecule has 0 N–H and O–H groups in total. The lowest BCUT2D eigenvalue weighted by molar-refractivity contribution is 0.414. The van der Waals surface area contributed by atoms with E-state index in [1.54, 1.807) is 26.0 Å². The van der Waals surface area contributed by atoms with Gasteiger partial charge >= 0.3 is 0 Å². The molecule has 5 heteroatoms. The Morgan fingerprint density at radius 3 is 2.00 bits per heavy atom. The van der Waals surface area contributed by atoms with Crippen LogP contribution in [0.25, 0.3) is 0 Å². The fourth-order valence-corrected chi connectivity index (χ4v) is 3.88. The summed E-state index contributed by atoms with van der Waals surface area (Å²) in [7, 11) is 2.42. The fourth-order valence-electron chi connectivity index (χ4n) is 2.05. The van der Waals surface area contributed by atoms with E-state index in [0.717, 1.165) is 22.8 Å². The third kappa shape index (κ3) is 6.42. The molecular weight excluding hydrogens is 340 g/mol. The molecule has 0 aromatic heterocycles. The number of rotatable bonds is 9. The lowest BCUT2D eigenvalue weighted by Gasteiger charge is -2.03. The molecule has 0 amide bonds. The standard InChI is InChI=1S/C19H22O3S2/c1-21-18-8-4-16(5-9-18)14-23-12-3-13-24(20)15-17-6-10-19(22-2)11-7-17/h3-12H,13-15H2,1-2H3/b12-3-. The van der Waals surface area contributed by atoms with Gasteiger partial charge < -0.3 is 9.47 Å². The van der Waals surface area contributed by atoms with Gasteiger partial charge in [-0.3, -0.25) is 4.21 Å². The Labute approximate surface area is 150 Å². The minimum Gasteiger partial charge on any atom is -0.497 e. The van der Waals surface area contributed by atoms with Gasteiger partial charge in [-0.1, -0.05) is 30.3 Å². The van der Waals surface area contributed by atoms with Gasteiger partial charge in [-0.15, -0.1) is 11.8 Å². The molecule has 0 spiro atoms. The number of benzene rings is 2. The van der Waals surface area contributed by atoms with Crippen molar-refractivity contribution < 1.29 is 13.7 Å². The average molecular weight is 363 g/mol. The van der Waals surface area contributed by atoms with Gasteiger partial charge in [0.1, 0.15) is 11.5 Å². The molecule has 0 bridgehead atoms. The van der Waals surface area contributed by atoms with Gasteiger partial charge in [-0.2, -0.15) is 0 Å². The monoisotopic (exact) mass is 362 g/mol. The number of ether oxygens (including phenoxy) is 2. The third-order valence-electron chi connectivity index (χ3n) is 3.37. The largest absolute Gasteiger partial charge is 0.497 e. The molecule has 0 aliphatic rings. The number of thioether (sulfide) groups is 1. The Morgan fingerprint density at radius 2 is 1.46 bits per heavy atom. The zero-order chi connectivity index (χ0) is 17.2. The Bertz CT molecular complexity index is 664. The first-order valence-electron chi connectivity index (χ1n) is 7.58. The zero-order valence-corrected chi connectivity index (χ0v) is 15.6. The van der Waals surface area contributed by atoms with Crippen LogP contribution in [-0.4, -0.2) is 24.2 Å². The molecule has 2 aromatic rings. The molecular formula is C19H22O3S2. The van der Waals surface area contributed by atoms with Gasteiger partial charge in [0, 0.05) is 28.1 Å². The first kappa shape index (κ1) is 18.6. The Kier molecular flexibility index (Phi) is 7.92. The van der Waals surface area contributed by atoms with Crippen LogP contribution < -0.4 is 9.47 Å². The van der Waals surface area contributed by atoms with E-state index in [9.17, 15) is 4.21 Å². The maximum Gasteiger partial charge on any atom is 0.118 e. The molecule has 1 unspecified atom stereocenters. The highest BCUT2D eigenvalue weighted by Crippen LogP contribution is 2.17. The molecule has 0 radical (unpaired) electrons. The van der Waals surface area contributed by atoms with Crippen LogP contribution in [0.15, 0.2) is 60.0 Å². The van der Waals surface area contributed by atoms with E-state index in [1.807, 2.05) is 47.9 Å². The topological polar surface area (TPSA) is 35.5 Å². The summed E-state index contributed by atoms with van der Waals surface area (Å²) in [5.74, 6) is 3.72. The Morgan fingerprint density at radius 1 is 0.917 bits per heavy atom. The highest BCUT2D eigenvalue weighted by atomic mass is 32.2. The van der Waals surface area contributed by atoms with Gasteiger partial charge in [-0.25, -0.2) is 0 Å². The van der Waals surface area contributed by atoms with Crippen molar-refractivity contribution in [2.75, 3.05) is 20.0 Å². The molecule has 3 nitrogen and oxygen atoms in total. The van der Waals surface area contributed by atoms with Gasteiger partial charge in [-0.05, 0) is 40.8 Å². The van der Waals surface area contributed by atoms with Crippen LogP contribution in [0.4, 0.5) is 0 Å². The lowest BCUT2D eigenvalue weighted by atomic mass is 10.2. The molecule has 0 fully saturated rings. The van der Waals surface area contributed by atoms with Crippen LogP contribution in [0.3, 0.4) is 0 Å². The van der Waals surface area contributed by atoms with Crippen LogP contribution in [0.2, 0.25) is 0 Å². The normalized spacial score (nSPS) is 12.2. The van der Waals surface area contributed by atoms with E-state index in [4.69, 9.17) is 9.47 Å². The summed E-state index contributed by atoms with van der Waals surface area (Å²) in [6.07, 6.45) is 1.98. The predicted molar refractivity (Wildman–Crippen MR) is 103 cm³/mol. The average Bonchev–Trinajstić information content (AvgIpc) is 2.62. The molecule has 0 aliphatic carbocycles. The van der Waals surface area contributed by atoms with E-state index in [1.165, 1.54) is 5.56 Å². The van der Waals surface area contributed by atoms with Gasteiger partial charge in [0.05, 0.1) is 14.2 Å². The van der Waals surface area contributed by atoms with Crippen LogP contribution in [0, 0.1) is 0 Å². The van der Waals surface area contributed by atoms with E-state index >= 15 is 0 Å². The van der Waals surface area contributed by atoms with Crippen LogP contribution in [0.1, 0.15) is 11.1 Å². The van der Waals surface area contributed by atoms with E-state index in [0.29, 0.717) is 11.5 Å². The highest BCUT2D eigenvalue weighted by Gasteiger charge is 2.00. The Balaban J connectivity index is 1.69. The van der Waals surface area contributed by atoms with E-state index in [2.05, 4.69) is 12.1 Å². The molecule has 128 valence electrons. The second-order valence-electron chi connectivity index (χ2n) is 5.13. The third-order valence-corrected chi connectivity index (χ3v) is 5.47. The highest BCUT2D eigenvalue weighted by molar-refractivity contribution is 8.01. The van der Waals surface area contributed by atoms with Crippen molar-refractivity contribution in [3.05, 3.63) is 71.1 Å². The molecule has 0 saturated carbocycles. The van der Waals surface area contributed by atoms with Crippen LogP contribution in [0.5, 0.6) is 11.5 Å². The molecule has 2 aromatic carbocycles. The second kappa shape index (κ2) is 10.2. The molecule has 1 atom stereocenters. The summed E-state index contributed by atoms with van der Waals surface area (Å²) >= 11 is 1.70. The molecule has 2 rings (SSSR count). The van der Waals surface area contributed by atoms with E-state index in [-0.39, 0.29) is 0 Å². The van der Waals surface area contributed by atoms with Crippen molar-refractivity contribution in [1.29, 1.82) is 0 Å². The smallest absolute Gasteiger partial charge is 0.118 e. The summed E-state index contributed by atoms with van der Waals surface area (Å²) < 4.78 is 22.3. The summed E-state index contributed by atoms with van der Waals surface area (Å²) in [6.45, 7) is 0. The maximum atomic E-state index is 12.1. The molecule has 24 heavy (non-hydrogen) atoms. The number of hydrogen-bond acceptors (Lipinski definition) is 4. The van der Waals surface area contributed by atoms with Gasteiger partial charge in [0.15, 0.2) is 0 Å². The SMILES string of the molecule is COc1ccc(CS/C=C\CS(=O)Cc2ccc(OC)cc2)cc1. The van der Waals surface area contributed by atoms with Crippen LogP contribution in [-0.2, 0) is 22.3 Å². The first-order chi connectivity index (χ1) is 11.7. The predicted octanol–water partition coefficient (Wildman–Crippen LogP) is 4.40. The number of methoxy groups -OCH3 is 2. The van der Waals surface area contributed by atoms with Crippen molar-refractivity contribution in [2.24, 2.45) is 0 Å². The summed E-state index contributed by atoms with van der Waals surface area (Å²) in [5, 5.41) is 2.02. The minimum absolute atomic E-state index is 0.567. The van der Waals surface area contributed by atoms with Crippen molar-refractivity contribution in [3.63, 3.8) is 0 Å². The fraction of sp³-hybridized carbons (Fsp3) is 0.263. The van der Waals surface area contributed by atoms with Crippen molar-refractivity contribution in [2.45, 2.75) is 11.5 Å². The zero-order valence-electron chi connectivity index (χ0n) is 13.9. The summed E-state index contributed by atoms with van der Waals surface area (Å²) in [6, 6.07) is 15.7.